The van der Waals surface area contributed by atoms with E-state index in [1.54, 1.807) is 11.3 Å². The first kappa shape index (κ1) is 17.0. The summed E-state index contributed by atoms with van der Waals surface area (Å²) >= 11 is 1.69. The molecule has 1 fully saturated rings. The largest absolute Gasteiger partial charge is 0.492 e. The summed E-state index contributed by atoms with van der Waals surface area (Å²) in [6, 6.07) is 11.6. The van der Waals surface area contributed by atoms with Gasteiger partial charge in [0.25, 0.3) is 0 Å². The number of benzene rings is 1. The number of nitrogens with two attached hydrogens (primary N) is 1. The van der Waals surface area contributed by atoms with Crippen LogP contribution in [0.25, 0.3) is 0 Å². The van der Waals surface area contributed by atoms with Crippen LogP contribution in [0.4, 0.5) is 5.69 Å². The summed E-state index contributed by atoms with van der Waals surface area (Å²) in [5.41, 5.74) is 5.87. The second kappa shape index (κ2) is 7.81. The Hall–Kier alpha value is -1.85. The highest BCUT2D eigenvalue weighted by Gasteiger charge is 2.41. The molecular weight excluding hydrogens is 320 g/mol. The van der Waals surface area contributed by atoms with E-state index in [2.05, 4.69) is 16.8 Å². The highest BCUT2D eigenvalue weighted by molar-refractivity contribution is 7.10. The number of anilines is 1. The molecule has 0 atom stereocenters. The van der Waals surface area contributed by atoms with E-state index < -0.39 is 0 Å². The molecule has 1 heterocycles. The number of hydrogen-bond acceptors (Lipinski definition) is 4. The van der Waals surface area contributed by atoms with Crippen molar-refractivity contribution in [1.29, 1.82) is 0 Å². The molecule has 1 saturated carbocycles. The molecule has 1 aromatic heterocycles. The lowest BCUT2D eigenvalue weighted by molar-refractivity contribution is -0.122. The molecule has 0 bridgehead atoms. The van der Waals surface area contributed by atoms with Crippen LogP contribution < -0.4 is 15.8 Å². The number of thiophene rings is 1. The normalized spacial score (nSPS) is 16.5. The molecule has 0 aliphatic heterocycles. The highest BCUT2D eigenvalue weighted by Crippen LogP contribution is 2.42. The van der Waals surface area contributed by atoms with E-state index in [9.17, 15) is 4.79 Å². The maximum atomic E-state index is 13.1. The molecule has 1 aliphatic rings. The molecule has 5 heteroatoms. The lowest BCUT2D eigenvalue weighted by Gasteiger charge is -2.35. The third-order valence-electron chi connectivity index (χ3n) is 4.63. The van der Waals surface area contributed by atoms with Crippen molar-refractivity contribution in [3.8, 4) is 5.75 Å². The fourth-order valence-electron chi connectivity index (χ4n) is 3.35. The molecule has 0 spiro atoms. The van der Waals surface area contributed by atoms with Gasteiger partial charge < -0.3 is 15.8 Å². The van der Waals surface area contributed by atoms with Gasteiger partial charge in [-0.25, -0.2) is 0 Å². The molecule has 4 nitrogen and oxygen atoms in total. The number of amides is 1. The van der Waals surface area contributed by atoms with Crippen LogP contribution in [0.1, 0.15) is 37.0 Å². The molecule has 1 aliphatic carbocycles. The highest BCUT2D eigenvalue weighted by atomic mass is 32.1. The zero-order valence-electron chi connectivity index (χ0n) is 13.8. The van der Waals surface area contributed by atoms with Gasteiger partial charge >= 0.3 is 0 Å². The molecule has 0 unspecified atom stereocenters. The second-order valence-electron chi connectivity index (χ2n) is 6.24. The quantitative estimate of drug-likeness (QED) is 0.834. The van der Waals surface area contributed by atoms with Gasteiger partial charge in [-0.15, -0.1) is 11.3 Å². The first-order valence-electron chi connectivity index (χ1n) is 8.53. The predicted molar refractivity (Wildman–Crippen MR) is 98.7 cm³/mol. The Morgan fingerprint density at radius 3 is 2.54 bits per heavy atom. The van der Waals surface area contributed by atoms with Crippen LogP contribution in [0.2, 0.25) is 0 Å². The standard InChI is InChI=1S/C19H24N2O2S/c20-12-13-23-16-8-6-15(7-9-16)21-18(22)19(10-2-1-3-11-19)17-5-4-14-24-17/h4-9,14H,1-3,10-13,20H2,(H,21,22). The van der Waals surface area contributed by atoms with Gasteiger partial charge in [-0.1, -0.05) is 25.3 Å². The van der Waals surface area contributed by atoms with Crippen LogP contribution in [0, 0.1) is 0 Å². The molecule has 3 rings (SSSR count). The third-order valence-corrected chi connectivity index (χ3v) is 5.71. The van der Waals surface area contributed by atoms with E-state index in [1.165, 1.54) is 11.3 Å². The monoisotopic (exact) mass is 344 g/mol. The fourth-order valence-corrected chi connectivity index (χ4v) is 4.34. The van der Waals surface area contributed by atoms with Gasteiger partial charge in [0.2, 0.25) is 5.91 Å². The molecule has 24 heavy (non-hydrogen) atoms. The molecule has 0 saturated heterocycles. The van der Waals surface area contributed by atoms with Crippen molar-refractivity contribution in [3.63, 3.8) is 0 Å². The maximum absolute atomic E-state index is 13.1. The number of carbonyl (C=O) groups is 1. The van der Waals surface area contributed by atoms with Crippen molar-refractivity contribution in [3.05, 3.63) is 46.7 Å². The zero-order valence-corrected chi connectivity index (χ0v) is 14.6. The lowest BCUT2D eigenvalue weighted by atomic mass is 9.72. The summed E-state index contributed by atoms with van der Waals surface area (Å²) in [7, 11) is 0. The van der Waals surface area contributed by atoms with Gasteiger partial charge in [0.15, 0.2) is 0 Å². The van der Waals surface area contributed by atoms with Crippen LogP contribution in [0.15, 0.2) is 41.8 Å². The number of nitrogens with one attached hydrogen (secondary N) is 1. The Labute approximate surface area is 147 Å². The Kier molecular flexibility index (Phi) is 5.53. The van der Waals surface area contributed by atoms with E-state index in [-0.39, 0.29) is 11.3 Å². The lowest BCUT2D eigenvalue weighted by Crippen LogP contribution is -2.41. The Balaban J connectivity index is 1.74. The summed E-state index contributed by atoms with van der Waals surface area (Å²) in [6.07, 6.45) is 5.29. The van der Waals surface area contributed by atoms with Crippen molar-refractivity contribution in [2.45, 2.75) is 37.5 Å². The van der Waals surface area contributed by atoms with E-state index >= 15 is 0 Å². The van der Waals surface area contributed by atoms with Crippen molar-refractivity contribution in [2.24, 2.45) is 5.73 Å². The van der Waals surface area contributed by atoms with Crippen LogP contribution in [-0.2, 0) is 10.2 Å². The minimum absolute atomic E-state index is 0.111. The van der Waals surface area contributed by atoms with E-state index in [1.807, 2.05) is 30.3 Å². The van der Waals surface area contributed by atoms with Crippen molar-refractivity contribution in [1.82, 2.24) is 0 Å². The molecule has 3 N–H and O–H groups in total. The Morgan fingerprint density at radius 2 is 1.92 bits per heavy atom. The van der Waals surface area contributed by atoms with Crippen LogP contribution >= 0.6 is 11.3 Å². The Morgan fingerprint density at radius 1 is 1.17 bits per heavy atom. The maximum Gasteiger partial charge on any atom is 0.235 e. The van der Waals surface area contributed by atoms with Crippen LogP contribution in [-0.4, -0.2) is 19.1 Å². The number of hydrogen-bond donors (Lipinski definition) is 2. The van der Waals surface area contributed by atoms with Crippen molar-refractivity contribution >= 4 is 22.9 Å². The van der Waals surface area contributed by atoms with Crippen LogP contribution in [0.5, 0.6) is 5.75 Å². The van der Waals surface area contributed by atoms with Crippen molar-refractivity contribution < 1.29 is 9.53 Å². The fraction of sp³-hybridized carbons (Fsp3) is 0.421. The van der Waals surface area contributed by atoms with Gasteiger partial charge in [-0.2, -0.15) is 0 Å². The number of rotatable bonds is 6. The minimum atomic E-state index is -0.374. The van der Waals surface area contributed by atoms with Crippen molar-refractivity contribution in [2.75, 3.05) is 18.5 Å². The van der Waals surface area contributed by atoms with Crippen LogP contribution in [0.3, 0.4) is 0 Å². The first-order chi connectivity index (χ1) is 11.7. The second-order valence-corrected chi connectivity index (χ2v) is 7.18. The molecule has 1 amide bonds. The van der Waals surface area contributed by atoms with Gasteiger partial charge in [-0.05, 0) is 48.6 Å². The molecule has 0 radical (unpaired) electrons. The molecule has 2 aromatic rings. The van der Waals surface area contributed by atoms with Gasteiger partial charge in [0.05, 0.1) is 5.41 Å². The van der Waals surface area contributed by atoms with E-state index in [0.717, 1.165) is 37.1 Å². The SMILES string of the molecule is NCCOc1ccc(NC(=O)C2(c3cccs3)CCCCC2)cc1. The smallest absolute Gasteiger partial charge is 0.235 e. The third kappa shape index (κ3) is 3.62. The Bertz CT molecular complexity index is 647. The zero-order chi connectivity index (χ0) is 16.8. The van der Waals surface area contributed by atoms with Gasteiger partial charge in [0, 0.05) is 17.1 Å². The summed E-state index contributed by atoms with van der Waals surface area (Å²) in [4.78, 5) is 14.3. The topological polar surface area (TPSA) is 64.3 Å². The van der Waals surface area contributed by atoms with Gasteiger partial charge in [0.1, 0.15) is 12.4 Å². The summed E-state index contributed by atoms with van der Waals surface area (Å²) in [6.45, 7) is 0.981. The van der Waals surface area contributed by atoms with Gasteiger partial charge in [-0.3, -0.25) is 4.79 Å². The summed E-state index contributed by atoms with van der Waals surface area (Å²) in [5, 5.41) is 5.17. The summed E-state index contributed by atoms with van der Waals surface area (Å²) in [5.74, 6) is 0.879. The van der Waals surface area contributed by atoms with E-state index in [0.29, 0.717) is 13.2 Å². The number of ether oxygens (including phenoxy) is 1. The predicted octanol–water partition coefficient (Wildman–Crippen LogP) is 3.93. The molecule has 128 valence electrons. The average Bonchev–Trinajstić information content (AvgIpc) is 3.17. The minimum Gasteiger partial charge on any atom is -0.492 e. The molecular formula is C19H24N2O2S. The average molecular weight is 344 g/mol. The van der Waals surface area contributed by atoms with E-state index in [4.69, 9.17) is 10.5 Å². The molecule has 1 aromatic carbocycles. The summed E-state index contributed by atoms with van der Waals surface area (Å²) < 4.78 is 5.47. The number of carbonyl (C=O) groups excluding carboxylic acids is 1. The first-order valence-corrected chi connectivity index (χ1v) is 9.41.